The molecule has 28 heavy (non-hydrogen) atoms. The van der Waals surface area contributed by atoms with E-state index < -0.39 is 23.7 Å². The molecule has 4 rings (SSSR count). The first-order valence-corrected chi connectivity index (χ1v) is 9.37. The van der Waals surface area contributed by atoms with Crippen molar-refractivity contribution in [3.8, 4) is 5.75 Å². The van der Waals surface area contributed by atoms with Gasteiger partial charge >= 0.3 is 0 Å². The van der Waals surface area contributed by atoms with E-state index >= 15 is 0 Å². The van der Waals surface area contributed by atoms with Gasteiger partial charge in [-0.1, -0.05) is 30.3 Å². The van der Waals surface area contributed by atoms with Crippen molar-refractivity contribution in [2.75, 3.05) is 37.9 Å². The van der Waals surface area contributed by atoms with E-state index in [0.717, 1.165) is 13.1 Å². The van der Waals surface area contributed by atoms with Crippen molar-refractivity contribution in [1.29, 1.82) is 0 Å². The highest BCUT2D eigenvalue weighted by Crippen LogP contribution is 2.42. The first-order chi connectivity index (χ1) is 13.5. The fraction of sp³-hybridized carbons (Fsp3) is 0.333. The van der Waals surface area contributed by atoms with Gasteiger partial charge in [0.15, 0.2) is 18.1 Å². The minimum atomic E-state index is -1.94. The Morgan fingerprint density at radius 3 is 2.54 bits per heavy atom. The number of hydrogen-bond donors (Lipinski definition) is 3. The van der Waals surface area contributed by atoms with Gasteiger partial charge in [0.2, 0.25) is 0 Å². The van der Waals surface area contributed by atoms with Gasteiger partial charge in [-0.25, -0.2) is 0 Å². The van der Waals surface area contributed by atoms with Crippen LogP contribution in [0.2, 0.25) is 0 Å². The zero-order valence-corrected chi connectivity index (χ0v) is 15.4. The van der Waals surface area contributed by atoms with E-state index in [0.29, 0.717) is 31.1 Å². The predicted octanol–water partition coefficient (Wildman–Crippen LogP) is 0.0720. The van der Waals surface area contributed by atoms with Gasteiger partial charge in [-0.05, 0) is 18.2 Å². The van der Waals surface area contributed by atoms with Crippen LogP contribution in [0.5, 0.6) is 5.75 Å². The number of rotatable bonds is 5. The molecule has 2 heterocycles. The number of ketones is 1. The number of anilines is 1. The molecule has 7 heteroatoms. The van der Waals surface area contributed by atoms with Crippen LogP contribution in [0.1, 0.15) is 22.3 Å². The van der Waals surface area contributed by atoms with Gasteiger partial charge in [-0.3, -0.25) is 14.5 Å². The minimum absolute atomic E-state index is 0.0958. The molecule has 0 unspecified atom stereocenters. The van der Waals surface area contributed by atoms with Crippen LogP contribution in [0.3, 0.4) is 0 Å². The zero-order chi connectivity index (χ0) is 19.7. The first kappa shape index (κ1) is 18.6. The third-order valence-corrected chi connectivity index (χ3v) is 5.44. The fourth-order valence-corrected chi connectivity index (χ4v) is 3.91. The number of hydrogen-bond acceptors (Lipinski definition) is 5. The number of morpholine rings is 1. The normalized spacial score (nSPS) is 22.3. The molecule has 0 radical (unpaired) electrons. The summed E-state index contributed by atoms with van der Waals surface area (Å²) in [4.78, 5) is 28.7. The van der Waals surface area contributed by atoms with Gasteiger partial charge in [0.1, 0.15) is 18.8 Å². The largest absolute Gasteiger partial charge is 0.507 e. The lowest BCUT2D eigenvalue weighted by Crippen LogP contribution is -3.15. The Hall–Kier alpha value is -2.74. The van der Waals surface area contributed by atoms with E-state index in [-0.39, 0.29) is 11.3 Å². The lowest BCUT2D eigenvalue weighted by Gasteiger charge is -2.29. The Morgan fingerprint density at radius 2 is 1.79 bits per heavy atom. The van der Waals surface area contributed by atoms with Crippen LogP contribution < -0.4 is 9.80 Å². The fourth-order valence-electron chi connectivity index (χ4n) is 3.91. The van der Waals surface area contributed by atoms with Crippen LogP contribution in [-0.2, 0) is 15.1 Å². The topological polar surface area (TPSA) is 91.5 Å². The maximum atomic E-state index is 13.2. The second-order valence-electron chi connectivity index (χ2n) is 7.25. The number of Topliss-reactive ketones (excluding diaryl/α,β-unsaturated/α-hetero) is 1. The second kappa shape index (κ2) is 7.35. The molecule has 2 aliphatic heterocycles. The van der Waals surface area contributed by atoms with Crippen LogP contribution in [0.15, 0.2) is 48.5 Å². The van der Waals surface area contributed by atoms with Gasteiger partial charge in [0.25, 0.3) is 5.91 Å². The van der Waals surface area contributed by atoms with Crippen molar-refractivity contribution in [3.05, 3.63) is 59.7 Å². The molecular weight excluding hydrogens is 360 g/mol. The van der Waals surface area contributed by atoms with Crippen LogP contribution in [0.4, 0.5) is 5.69 Å². The summed E-state index contributed by atoms with van der Waals surface area (Å²) >= 11 is 0. The number of aliphatic hydroxyl groups is 1. The number of quaternary nitrogens is 1. The SMILES string of the molecule is O=C(C[C@@]1(O)C(=O)N(C[NH+]2CCOCC2)c2ccccc21)c1ccccc1O. The van der Waals surface area contributed by atoms with E-state index in [1.165, 1.54) is 17.0 Å². The standard InChI is InChI=1S/C21H22N2O5/c24-18-8-4-1-5-15(18)19(25)13-21(27)16-6-2-3-7-17(16)23(20(21)26)14-22-9-11-28-12-10-22/h1-8,24,27H,9-14H2/p+1/t21-/m0/s1. The summed E-state index contributed by atoms with van der Waals surface area (Å²) in [7, 11) is 0. The Balaban J connectivity index is 1.64. The number of nitrogens with one attached hydrogen (secondary N) is 1. The third kappa shape index (κ3) is 3.17. The van der Waals surface area contributed by atoms with Gasteiger partial charge in [0, 0.05) is 5.56 Å². The molecule has 0 aliphatic carbocycles. The molecule has 2 aliphatic rings. The van der Waals surface area contributed by atoms with E-state index in [1.54, 1.807) is 35.2 Å². The van der Waals surface area contributed by atoms with Crippen LogP contribution in [0.25, 0.3) is 0 Å². The monoisotopic (exact) mass is 383 g/mol. The van der Waals surface area contributed by atoms with Gasteiger partial charge in [-0.2, -0.15) is 0 Å². The third-order valence-electron chi connectivity index (χ3n) is 5.44. The Labute approximate surface area is 162 Å². The van der Waals surface area contributed by atoms with Crippen molar-refractivity contribution in [2.45, 2.75) is 12.0 Å². The maximum absolute atomic E-state index is 13.2. The van der Waals surface area contributed by atoms with Gasteiger partial charge < -0.3 is 19.8 Å². The Morgan fingerprint density at radius 1 is 1.11 bits per heavy atom. The highest BCUT2D eigenvalue weighted by Gasteiger charge is 2.52. The average Bonchev–Trinajstić information content (AvgIpc) is 2.91. The summed E-state index contributed by atoms with van der Waals surface area (Å²) in [6.45, 7) is 3.23. The number of carbonyl (C=O) groups is 2. The smallest absolute Gasteiger partial charge is 0.268 e. The molecule has 1 atom stereocenters. The van der Waals surface area contributed by atoms with Crippen molar-refractivity contribution in [2.24, 2.45) is 0 Å². The number of benzene rings is 2. The van der Waals surface area contributed by atoms with E-state index in [1.807, 2.05) is 6.07 Å². The molecule has 1 fully saturated rings. The Bertz CT molecular complexity index is 909. The zero-order valence-electron chi connectivity index (χ0n) is 15.4. The molecule has 2 aromatic carbocycles. The number of phenols is 1. The summed E-state index contributed by atoms with van der Waals surface area (Å²) < 4.78 is 5.37. The van der Waals surface area contributed by atoms with E-state index in [2.05, 4.69) is 0 Å². The molecular formula is C21H23N2O5+. The maximum Gasteiger partial charge on any atom is 0.268 e. The quantitative estimate of drug-likeness (QED) is 0.636. The molecule has 0 spiro atoms. The van der Waals surface area contributed by atoms with Crippen LogP contribution >= 0.6 is 0 Å². The predicted molar refractivity (Wildman–Crippen MR) is 101 cm³/mol. The second-order valence-corrected chi connectivity index (χ2v) is 7.25. The van der Waals surface area contributed by atoms with Crippen LogP contribution in [0, 0.1) is 0 Å². The van der Waals surface area contributed by atoms with Gasteiger partial charge in [-0.15, -0.1) is 0 Å². The summed E-state index contributed by atoms with van der Waals surface area (Å²) in [5.41, 5.74) is -0.796. The molecule has 146 valence electrons. The van der Waals surface area contributed by atoms with Crippen molar-refractivity contribution in [3.63, 3.8) is 0 Å². The molecule has 2 aromatic rings. The molecule has 7 nitrogen and oxygen atoms in total. The number of phenolic OH excluding ortho intramolecular Hbond substituents is 1. The lowest BCUT2D eigenvalue weighted by molar-refractivity contribution is -0.906. The molecule has 1 amide bonds. The van der Waals surface area contributed by atoms with E-state index in [9.17, 15) is 19.8 Å². The molecule has 3 N–H and O–H groups in total. The average molecular weight is 383 g/mol. The number of carbonyl (C=O) groups excluding carboxylic acids is 2. The number of fused-ring (bicyclic) bond motifs is 1. The molecule has 1 saturated heterocycles. The number of para-hydroxylation sites is 2. The molecule has 0 bridgehead atoms. The van der Waals surface area contributed by atoms with Crippen molar-refractivity contribution in [1.82, 2.24) is 0 Å². The number of ether oxygens (including phenoxy) is 1. The summed E-state index contributed by atoms with van der Waals surface area (Å²) in [5, 5.41) is 21.3. The number of nitrogens with zero attached hydrogens (tertiary/aromatic N) is 1. The molecule has 0 aromatic heterocycles. The van der Waals surface area contributed by atoms with Crippen molar-refractivity contribution >= 4 is 17.4 Å². The number of aromatic hydroxyl groups is 1. The highest BCUT2D eigenvalue weighted by atomic mass is 16.5. The van der Waals surface area contributed by atoms with E-state index in [4.69, 9.17) is 4.74 Å². The summed E-state index contributed by atoms with van der Waals surface area (Å²) in [6, 6.07) is 13.2. The first-order valence-electron chi connectivity index (χ1n) is 9.37. The molecule has 0 saturated carbocycles. The van der Waals surface area contributed by atoms with Crippen molar-refractivity contribution < 1.29 is 29.4 Å². The Kier molecular flexibility index (Phi) is 4.89. The van der Waals surface area contributed by atoms with Crippen LogP contribution in [-0.4, -0.2) is 54.9 Å². The minimum Gasteiger partial charge on any atom is -0.507 e. The van der Waals surface area contributed by atoms with Gasteiger partial charge in [0.05, 0.1) is 30.9 Å². The summed E-state index contributed by atoms with van der Waals surface area (Å²) in [6.07, 6.45) is -0.421. The summed E-state index contributed by atoms with van der Waals surface area (Å²) in [5.74, 6) is -1.15. The lowest BCUT2D eigenvalue weighted by atomic mass is 9.88. The number of amides is 1. The highest BCUT2D eigenvalue weighted by molar-refractivity contribution is 6.11.